The molecule has 0 bridgehead atoms. The lowest BCUT2D eigenvalue weighted by Crippen LogP contribution is -2.53. The maximum absolute atomic E-state index is 13.0. The second kappa shape index (κ2) is 9.88. The summed E-state index contributed by atoms with van der Waals surface area (Å²) in [6.45, 7) is 5.70. The van der Waals surface area contributed by atoms with Gasteiger partial charge in [-0.15, -0.1) is 0 Å². The van der Waals surface area contributed by atoms with Crippen LogP contribution in [-0.4, -0.2) is 78.9 Å². The third-order valence-corrected chi connectivity index (χ3v) is 6.95. The predicted molar refractivity (Wildman–Crippen MR) is 115 cm³/mol. The summed E-state index contributed by atoms with van der Waals surface area (Å²) in [6.07, 6.45) is 6.68. The Labute approximate surface area is 178 Å². The average Bonchev–Trinajstić information content (AvgIpc) is 2.76. The van der Waals surface area contributed by atoms with Crippen LogP contribution in [0, 0.1) is 17.7 Å². The molecule has 1 saturated carbocycles. The van der Waals surface area contributed by atoms with Crippen LogP contribution < -0.4 is 5.32 Å². The highest BCUT2D eigenvalue weighted by molar-refractivity contribution is 5.92. The molecular weight excluding hydrogens is 383 g/mol. The Morgan fingerprint density at radius 2 is 1.57 bits per heavy atom. The van der Waals surface area contributed by atoms with Gasteiger partial charge in [0.15, 0.2) is 0 Å². The van der Waals surface area contributed by atoms with Crippen molar-refractivity contribution in [2.75, 3.05) is 57.7 Å². The Kier molecular flexibility index (Phi) is 7.00. The fourth-order valence-corrected chi connectivity index (χ4v) is 5.20. The molecule has 2 saturated heterocycles. The van der Waals surface area contributed by atoms with Gasteiger partial charge in [0.2, 0.25) is 11.8 Å². The molecule has 6 nitrogen and oxygen atoms in total. The highest BCUT2D eigenvalue weighted by Crippen LogP contribution is 2.35. The predicted octanol–water partition coefficient (Wildman–Crippen LogP) is 2.42. The molecule has 1 aromatic carbocycles. The number of likely N-dealkylation sites (tertiary alicyclic amines) is 1. The van der Waals surface area contributed by atoms with E-state index in [4.69, 9.17) is 0 Å². The van der Waals surface area contributed by atoms with E-state index in [1.807, 2.05) is 4.90 Å². The summed E-state index contributed by atoms with van der Waals surface area (Å²) in [6, 6.07) is 5.77. The summed E-state index contributed by atoms with van der Waals surface area (Å²) in [5.41, 5.74) is 0.594. The number of carbonyl (C=O) groups is 2. The van der Waals surface area contributed by atoms with E-state index in [1.165, 1.54) is 44.2 Å². The number of piperidine rings is 1. The number of benzene rings is 1. The number of halogens is 1. The highest BCUT2D eigenvalue weighted by Gasteiger charge is 2.32. The zero-order chi connectivity index (χ0) is 20.9. The van der Waals surface area contributed by atoms with Crippen LogP contribution in [0.2, 0.25) is 0 Å². The van der Waals surface area contributed by atoms with E-state index in [1.54, 1.807) is 12.1 Å². The van der Waals surface area contributed by atoms with Gasteiger partial charge in [0, 0.05) is 38.4 Å². The molecule has 7 heteroatoms. The molecule has 0 spiro atoms. The maximum atomic E-state index is 13.0. The van der Waals surface area contributed by atoms with Crippen molar-refractivity contribution >= 4 is 17.5 Å². The first-order chi connectivity index (χ1) is 14.6. The number of piperazine rings is 1. The van der Waals surface area contributed by atoms with E-state index in [2.05, 4.69) is 15.1 Å². The fourth-order valence-electron chi connectivity index (χ4n) is 5.20. The molecule has 0 unspecified atom stereocenters. The van der Waals surface area contributed by atoms with Crippen molar-refractivity contribution in [3.8, 4) is 0 Å². The van der Waals surface area contributed by atoms with Gasteiger partial charge in [0.05, 0.1) is 13.1 Å². The molecular formula is C23H33FN4O2. The Hall–Kier alpha value is -1.99. The number of hydrogen-bond donors (Lipinski definition) is 1. The van der Waals surface area contributed by atoms with Crippen LogP contribution in [0.1, 0.15) is 32.1 Å². The number of anilines is 1. The first-order valence-electron chi connectivity index (χ1n) is 11.3. The van der Waals surface area contributed by atoms with Crippen molar-refractivity contribution in [2.45, 2.75) is 32.1 Å². The van der Waals surface area contributed by atoms with Gasteiger partial charge >= 0.3 is 0 Å². The van der Waals surface area contributed by atoms with Crippen LogP contribution >= 0.6 is 0 Å². The molecule has 2 atom stereocenters. The summed E-state index contributed by atoms with van der Waals surface area (Å²) >= 11 is 0. The van der Waals surface area contributed by atoms with Crippen molar-refractivity contribution in [3.63, 3.8) is 0 Å². The number of hydrogen-bond acceptors (Lipinski definition) is 4. The van der Waals surface area contributed by atoms with Gasteiger partial charge in [0.1, 0.15) is 5.82 Å². The lowest BCUT2D eigenvalue weighted by atomic mass is 9.75. The molecule has 1 N–H and O–H groups in total. The van der Waals surface area contributed by atoms with Gasteiger partial charge in [-0.05, 0) is 55.5 Å². The molecule has 0 aromatic heterocycles. The van der Waals surface area contributed by atoms with E-state index < -0.39 is 0 Å². The summed E-state index contributed by atoms with van der Waals surface area (Å²) in [7, 11) is 0. The largest absolute Gasteiger partial charge is 0.339 e. The smallest absolute Gasteiger partial charge is 0.238 e. The monoisotopic (exact) mass is 416 g/mol. The van der Waals surface area contributed by atoms with Gasteiger partial charge in [-0.25, -0.2) is 4.39 Å². The van der Waals surface area contributed by atoms with E-state index in [9.17, 15) is 14.0 Å². The van der Waals surface area contributed by atoms with Crippen molar-refractivity contribution in [2.24, 2.45) is 11.8 Å². The fraction of sp³-hybridized carbons (Fsp3) is 0.652. The Morgan fingerprint density at radius 1 is 0.867 bits per heavy atom. The van der Waals surface area contributed by atoms with Crippen molar-refractivity contribution in [1.29, 1.82) is 0 Å². The van der Waals surface area contributed by atoms with Gasteiger partial charge in [0.25, 0.3) is 0 Å². The SMILES string of the molecule is O=C(CN1CCN(C(=O)CN2CC[C@H]3CCCC[C@@H]3C2)CC1)Nc1ccc(F)cc1. The molecule has 0 radical (unpaired) electrons. The number of nitrogens with zero attached hydrogens (tertiary/aromatic N) is 3. The summed E-state index contributed by atoms with van der Waals surface area (Å²) in [4.78, 5) is 31.4. The number of amides is 2. The standard InChI is InChI=1S/C23H33FN4O2/c24-20-5-7-21(8-6-20)25-22(29)16-26-11-13-28(14-12-26)23(30)17-27-10-9-18-3-1-2-4-19(18)15-27/h5-8,18-19H,1-4,9-17H2,(H,25,29)/t18-,19-/m1/s1. The van der Waals surface area contributed by atoms with E-state index in [0.29, 0.717) is 38.4 Å². The minimum Gasteiger partial charge on any atom is -0.339 e. The molecule has 2 amide bonds. The minimum absolute atomic E-state index is 0.114. The quantitative estimate of drug-likeness (QED) is 0.801. The van der Waals surface area contributed by atoms with Crippen LogP contribution in [0.4, 0.5) is 10.1 Å². The molecule has 4 rings (SSSR count). The van der Waals surface area contributed by atoms with Crippen molar-refractivity contribution in [1.82, 2.24) is 14.7 Å². The molecule has 2 heterocycles. The lowest BCUT2D eigenvalue weighted by molar-refractivity contribution is -0.135. The van der Waals surface area contributed by atoms with E-state index in [0.717, 1.165) is 24.9 Å². The van der Waals surface area contributed by atoms with Gasteiger partial charge in [-0.1, -0.05) is 19.3 Å². The number of carbonyl (C=O) groups excluding carboxylic acids is 2. The second-order valence-corrected chi connectivity index (χ2v) is 9.04. The van der Waals surface area contributed by atoms with E-state index >= 15 is 0 Å². The van der Waals surface area contributed by atoms with E-state index in [-0.39, 0.29) is 24.2 Å². The molecule has 3 fully saturated rings. The first-order valence-corrected chi connectivity index (χ1v) is 11.3. The molecule has 30 heavy (non-hydrogen) atoms. The third-order valence-electron chi connectivity index (χ3n) is 6.95. The van der Waals surface area contributed by atoms with Crippen LogP contribution in [0.5, 0.6) is 0 Å². The van der Waals surface area contributed by atoms with Crippen LogP contribution in [0.3, 0.4) is 0 Å². The summed E-state index contributed by atoms with van der Waals surface area (Å²) < 4.78 is 13.0. The Balaban J connectivity index is 1.17. The number of nitrogens with one attached hydrogen (secondary N) is 1. The Morgan fingerprint density at radius 3 is 2.30 bits per heavy atom. The molecule has 2 aliphatic heterocycles. The van der Waals surface area contributed by atoms with Gasteiger partial charge in [-0.2, -0.15) is 0 Å². The van der Waals surface area contributed by atoms with Gasteiger partial charge < -0.3 is 10.2 Å². The topological polar surface area (TPSA) is 55.9 Å². The molecule has 3 aliphatic rings. The highest BCUT2D eigenvalue weighted by atomic mass is 19.1. The minimum atomic E-state index is -0.322. The first kappa shape index (κ1) is 21.2. The summed E-state index contributed by atoms with van der Waals surface area (Å²) in [5.74, 6) is 1.46. The molecule has 1 aliphatic carbocycles. The average molecular weight is 417 g/mol. The third kappa shape index (κ3) is 5.58. The van der Waals surface area contributed by atoms with Crippen LogP contribution in [-0.2, 0) is 9.59 Å². The van der Waals surface area contributed by atoms with Gasteiger partial charge in [-0.3, -0.25) is 19.4 Å². The number of fused-ring (bicyclic) bond motifs is 1. The van der Waals surface area contributed by atoms with Crippen LogP contribution in [0.25, 0.3) is 0 Å². The molecule has 1 aromatic rings. The lowest BCUT2D eigenvalue weighted by Gasteiger charge is -2.42. The van der Waals surface area contributed by atoms with Crippen molar-refractivity contribution < 1.29 is 14.0 Å². The summed E-state index contributed by atoms with van der Waals surface area (Å²) in [5, 5.41) is 2.79. The second-order valence-electron chi connectivity index (χ2n) is 9.04. The van der Waals surface area contributed by atoms with Crippen molar-refractivity contribution in [3.05, 3.63) is 30.1 Å². The number of rotatable bonds is 5. The Bertz CT molecular complexity index is 733. The molecule has 164 valence electrons. The maximum Gasteiger partial charge on any atom is 0.238 e. The zero-order valence-corrected chi connectivity index (χ0v) is 17.7. The zero-order valence-electron chi connectivity index (χ0n) is 17.7. The van der Waals surface area contributed by atoms with Crippen LogP contribution in [0.15, 0.2) is 24.3 Å². The normalized spacial score (nSPS) is 25.6.